The summed E-state index contributed by atoms with van der Waals surface area (Å²) in [4.78, 5) is 0. The second kappa shape index (κ2) is 3.81. The fourth-order valence-corrected chi connectivity index (χ4v) is 1.76. The second-order valence-electron chi connectivity index (χ2n) is 3.86. The monoisotopic (exact) mass is 222 g/mol. The van der Waals surface area contributed by atoms with Crippen LogP contribution in [0.3, 0.4) is 0 Å². The molecule has 0 amide bonds. The van der Waals surface area contributed by atoms with Crippen molar-refractivity contribution in [2.24, 2.45) is 11.5 Å². The molecule has 2 nitrogen and oxygen atoms in total. The summed E-state index contributed by atoms with van der Waals surface area (Å²) in [5.74, 6) is -1.31. The van der Waals surface area contributed by atoms with Crippen molar-refractivity contribution in [2.45, 2.75) is 11.6 Å². The lowest BCUT2D eigenvalue weighted by molar-refractivity contribution is 0.481. The van der Waals surface area contributed by atoms with Gasteiger partial charge >= 0.3 is 0 Å². The van der Waals surface area contributed by atoms with Gasteiger partial charge in [0.15, 0.2) is 0 Å². The first-order valence-electron chi connectivity index (χ1n) is 4.89. The largest absolute Gasteiger partial charge is 0.322 e. The Morgan fingerprint density at radius 1 is 1.06 bits per heavy atom. The van der Waals surface area contributed by atoms with Crippen molar-refractivity contribution in [3.63, 3.8) is 0 Å². The minimum Gasteiger partial charge on any atom is -0.322 e. The van der Waals surface area contributed by atoms with Gasteiger partial charge in [0.25, 0.3) is 0 Å². The number of nitrogens with two attached hydrogens (primary N) is 2. The van der Waals surface area contributed by atoms with Crippen LogP contribution in [0, 0.1) is 11.6 Å². The fraction of sp³-hybridized carbons (Fsp3) is 0.167. The van der Waals surface area contributed by atoms with E-state index in [2.05, 4.69) is 0 Å². The first-order valence-corrected chi connectivity index (χ1v) is 4.89. The van der Waals surface area contributed by atoms with Crippen LogP contribution in [0.25, 0.3) is 0 Å². The van der Waals surface area contributed by atoms with Crippen molar-refractivity contribution in [1.29, 1.82) is 0 Å². The van der Waals surface area contributed by atoms with Crippen LogP contribution in [0.4, 0.5) is 8.78 Å². The Balaban J connectivity index is 2.50. The zero-order valence-corrected chi connectivity index (χ0v) is 8.53. The molecule has 0 aliphatic heterocycles. The SMILES string of the molecule is NC1C=CC=CC1(N)c1cc(F)cc(F)c1. The summed E-state index contributed by atoms with van der Waals surface area (Å²) in [7, 11) is 0. The highest BCUT2D eigenvalue weighted by Crippen LogP contribution is 2.27. The van der Waals surface area contributed by atoms with E-state index in [1.807, 2.05) is 0 Å². The molecule has 1 aromatic carbocycles. The molecule has 0 radical (unpaired) electrons. The first kappa shape index (κ1) is 11.0. The standard InChI is InChI=1S/C12H12F2N2/c13-9-5-8(6-10(14)7-9)12(16)4-2-1-3-11(12)15/h1-7,11H,15-16H2. The highest BCUT2D eigenvalue weighted by atomic mass is 19.1. The highest BCUT2D eigenvalue weighted by Gasteiger charge is 2.32. The van der Waals surface area contributed by atoms with Gasteiger partial charge in [-0.2, -0.15) is 0 Å². The topological polar surface area (TPSA) is 52.0 Å². The molecule has 84 valence electrons. The van der Waals surface area contributed by atoms with Gasteiger partial charge in [-0.1, -0.05) is 24.3 Å². The lowest BCUT2D eigenvalue weighted by Gasteiger charge is -2.33. The molecule has 1 aromatic rings. The van der Waals surface area contributed by atoms with Crippen LogP contribution in [-0.4, -0.2) is 6.04 Å². The van der Waals surface area contributed by atoms with Gasteiger partial charge in [-0.3, -0.25) is 0 Å². The molecule has 1 aliphatic carbocycles. The van der Waals surface area contributed by atoms with E-state index in [0.29, 0.717) is 5.56 Å². The van der Waals surface area contributed by atoms with Gasteiger partial charge in [-0.15, -0.1) is 0 Å². The number of rotatable bonds is 1. The molecule has 2 unspecified atom stereocenters. The summed E-state index contributed by atoms with van der Waals surface area (Å²) >= 11 is 0. The smallest absolute Gasteiger partial charge is 0.126 e. The third-order valence-electron chi connectivity index (χ3n) is 2.72. The third-order valence-corrected chi connectivity index (χ3v) is 2.72. The maximum atomic E-state index is 13.1. The molecule has 4 heteroatoms. The maximum absolute atomic E-state index is 13.1. The number of hydrogen-bond acceptors (Lipinski definition) is 2. The quantitative estimate of drug-likeness (QED) is 0.757. The molecule has 0 heterocycles. The molecule has 0 fully saturated rings. The first-order chi connectivity index (χ1) is 7.52. The molecule has 2 rings (SSSR count). The van der Waals surface area contributed by atoms with Crippen molar-refractivity contribution in [3.05, 3.63) is 59.7 Å². The lowest BCUT2D eigenvalue weighted by Crippen LogP contribution is -2.51. The Bertz CT molecular complexity index is 448. The summed E-state index contributed by atoms with van der Waals surface area (Å²) in [5.41, 5.74) is 11.2. The fourth-order valence-electron chi connectivity index (χ4n) is 1.76. The molecule has 0 saturated carbocycles. The van der Waals surface area contributed by atoms with Gasteiger partial charge in [0, 0.05) is 12.1 Å². The van der Waals surface area contributed by atoms with Crippen LogP contribution in [0.15, 0.2) is 42.5 Å². The molecule has 2 atom stereocenters. The van der Waals surface area contributed by atoms with Crippen molar-refractivity contribution in [1.82, 2.24) is 0 Å². The lowest BCUT2D eigenvalue weighted by atomic mass is 9.81. The van der Waals surface area contributed by atoms with Gasteiger partial charge < -0.3 is 11.5 Å². The minimum atomic E-state index is -1.06. The summed E-state index contributed by atoms with van der Waals surface area (Å²) in [6, 6.07) is 2.71. The predicted molar refractivity (Wildman–Crippen MR) is 58.5 cm³/mol. The molecular formula is C12H12F2N2. The normalized spacial score (nSPS) is 28.4. The number of halogens is 2. The second-order valence-corrected chi connectivity index (χ2v) is 3.86. The zero-order chi connectivity index (χ0) is 11.8. The Labute approximate surface area is 92.2 Å². The van der Waals surface area contributed by atoms with E-state index in [-0.39, 0.29) is 0 Å². The molecule has 4 N–H and O–H groups in total. The van der Waals surface area contributed by atoms with Gasteiger partial charge in [0.05, 0.1) is 5.54 Å². The van der Waals surface area contributed by atoms with Gasteiger partial charge in [-0.25, -0.2) is 8.78 Å². The molecule has 1 aliphatic rings. The van der Waals surface area contributed by atoms with E-state index < -0.39 is 23.2 Å². The van der Waals surface area contributed by atoms with Gasteiger partial charge in [0.1, 0.15) is 11.6 Å². The van der Waals surface area contributed by atoms with E-state index in [1.165, 1.54) is 12.1 Å². The molecule has 0 saturated heterocycles. The average Bonchev–Trinajstić information content (AvgIpc) is 2.21. The van der Waals surface area contributed by atoms with Crippen LogP contribution >= 0.6 is 0 Å². The summed E-state index contributed by atoms with van der Waals surface area (Å²) in [6.07, 6.45) is 6.81. The van der Waals surface area contributed by atoms with Crippen LogP contribution in [-0.2, 0) is 5.54 Å². The van der Waals surface area contributed by atoms with E-state index in [1.54, 1.807) is 24.3 Å². The average molecular weight is 222 g/mol. The van der Waals surface area contributed by atoms with Crippen molar-refractivity contribution >= 4 is 0 Å². The van der Waals surface area contributed by atoms with E-state index >= 15 is 0 Å². The summed E-state index contributed by atoms with van der Waals surface area (Å²) < 4.78 is 26.2. The minimum absolute atomic E-state index is 0.332. The Hall–Kier alpha value is -1.52. The molecule has 16 heavy (non-hydrogen) atoms. The van der Waals surface area contributed by atoms with Gasteiger partial charge in [0.2, 0.25) is 0 Å². The van der Waals surface area contributed by atoms with E-state index in [0.717, 1.165) is 6.07 Å². The molecular weight excluding hydrogens is 210 g/mol. The van der Waals surface area contributed by atoms with Crippen LogP contribution in [0.5, 0.6) is 0 Å². The summed E-state index contributed by atoms with van der Waals surface area (Å²) in [5, 5.41) is 0. The molecule has 0 spiro atoms. The van der Waals surface area contributed by atoms with Crippen molar-refractivity contribution < 1.29 is 8.78 Å². The summed E-state index contributed by atoms with van der Waals surface area (Å²) in [6.45, 7) is 0. The number of allylic oxidation sites excluding steroid dienone is 2. The molecule has 0 aromatic heterocycles. The Morgan fingerprint density at radius 2 is 1.69 bits per heavy atom. The van der Waals surface area contributed by atoms with Crippen molar-refractivity contribution in [3.8, 4) is 0 Å². The van der Waals surface area contributed by atoms with Crippen LogP contribution in [0.2, 0.25) is 0 Å². The Kier molecular flexibility index (Phi) is 2.61. The maximum Gasteiger partial charge on any atom is 0.126 e. The van der Waals surface area contributed by atoms with Crippen molar-refractivity contribution in [2.75, 3.05) is 0 Å². The van der Waals surface area contributed by atoms with Gasteiger partial charge in [-0.05, 0) is 17.7 Å². The zero-order valence-electron chi connectivity index (χ0n) is 8.53. The van der Waals surface area contributed by atoms with Crippen LogP contribution in [0.1, 0.15) is 5.56 Å². The van der Waals surface area contributed by atoms with Crippen LogP contribution < -0.4 is 11.5 Å². The molecule has 0 bridgehead atoms. The Morgan fingerprint density at radius 3 is 2.25 bits per heavy atom. The van der Waals surface area contributed by atoms with E-state index in [4.69, 9.17) is 11.5 Å². The number of hydrogen-bond donors (Lipinski definition) is 2. The highest BCUT2D eigenvalue weighted by molar-refractivity contribution is 5.38. The van der Waals surface area contributed by atoms with E-state index in [9.17, 15) is 8.78 Å². The number of benzene rings is 1. The third kappa shape index (κ3) is 1.77. The predicted octanol–water partition coefficient (Wildman–Crippen LogP) is 1.57.